The molecule has 0 aliphatic rings. The minimum atomic E-state index is -4.37. The molecule has 1 heterocycles. The Labute approximate surface area is 158 Å². The van der Waals surface area contributed by atoms with Gasteiger partial charge in [0.15, 0.2) is 9.84 Å². The zero-order valence-electron chi connectivity index (χ0n) is 14.0. The average molecular weight is 413 g/mol. The van der Waals surface area contributed by atoms with Crippen LogP contribution >= 0.6 is 11.3 Å². The summed E-state index contributed by atoms with van der Waals surface area (Å²) in [6, 6.07) is 10.8. The predicted molar refractivity (Wildman–Crippen MR) is 96.4 cm³/mol. The van der Waals surface area contributed by atoms with E-state index in [-0.39, 0.29) is 11.5 Å². The molecular formula is C18H14F3NO3S2. The molecule has 3 aromatic rings. The molecule has 0 fully saturated rings. The van der Waals surface area contributed by atoms with Crippen molar-refractivity contribution in [2.45, 2.75) is 17.7 Å². The highest BCUT2D eigenvalue weighted by molar-refractivity contribution is 7.90. The van der Waals surface area contributed by atoms with Gasteiger partial charge in [0.1, 0.15) is 17.4 Å². The van der Waals surface area contributed by atoms with Crippen LogP contribution in [0.15, 0.2) is 58.8 Å². The van der Waals surface area contributed by atoms with Gasteiger partial charge in [-0.1, -0.05) is 12.1 Å². The molecule has 0 N–H and O–H groups in total. The van der Waals surface area contributed by atoms with Crippen LogP contribution in [0.3, 0.4) is 0 Å². The third-order valence-electron chi connectivity index (χ3n) is 3.65. The molecule has 0 radical (unpaired) electrons. The van der Waals surface area contributed by atoms with Crippen molar-refractivity contribution in [2.24, 2.45) is 0 Å². The summed E-state index contributed by atoms with van der Waals surface area (Å²) in [6.07, 6.45) is -3.24. The summed E-state index contributed by atoms with van der Waals surface area (Å²) in [7, 11) is -3.26. The van der Waals surface area contributed by atoms with Crippen molar-refractivity contribution >= 4 is 21.2 Å². The van der Waals surface area contributed by atoms with Crippen LogP contribution in [0, 0.1) is 0 Å². The summed E-state index contributed by atoms with van der Waals surface area (Å²) in [6.45, 7) is 0.162. The van der Waals surface area contributed by atoms with E-state index < -0.39 is 21.6 Å². The van der Waals surface area contributed by atoms with Crippen LogP contribution in [-0.4, -0.2) is 19.7 Å². The first kappa shape index (κ1) is 19.4. The Bertz CT molecular complexity index is 1020. The van der Waals surface area contributed by atoms with Gasteiger partial charge in [0.25, 0.3) is 0 Å². The van der Waals surface area contributed by atoms with Crippen molar-refractivity contribution in [2.75, 3.05) is 6.26 Å². The SMILES string of the molecule is CS(=O)(=O)c1ccc(OCc2csc(-c3ccc(C(F)(F)F)cc3)n2)cc1. The van der Waals surface area contributed by atoms with Crippen LogP contribution in [0.2, 0.25) is 0 Å². The molecule has 142 valence electrons. The molecular weight excluding hydrogens is 399 g/mol. The molecule has 0 aliphatic heterocycles. The molecule has 0 spiro atoms. The Morgan fingerprint density at radius 3 is 2.22 bits per heavy atom. The molecule has 1 aromatic heterocycles. The number of benzene rings is 2. The van der Waals surface area contributed by atoms with E-state index in [1.54, 1.807) is 17.5 Å². The first-order valence-electron chi connectivity index (χ1n) is 7.68. The van der Waals surface area contributed by atoms with Gasteiger partial charge in [-0.05, 0) is 36.4 Å². The number of thiazole rings is 1. The monoisotopic (exact) mass is 413 g/mol. The number of alkyl halides is 3. The van der Waals surface area contributed by atoms with E-state index in [1.807, 2.05) is 0 Å². The molecule has 9 heteroatoms. The molecule has 2 aromatic carbocycles. The zero-order valence-corrected chi connectivity index (χ0v) is 15.7. The molecule has 0 unspecified atom stereocenters. The molecule has 3 rings (SSSR count). The minimum absolute atomic E-state index is 0.162. The molecule has 0 saturated heterocycles. The van der Waals surface area contributed by atoms with Gasteiger partial charge in [-0.15, -0.1) is 11.3 Å². The number of nitrogens with zero attached hydrogens (tertiary/aromatic N) is 1. The fourth-order valence-corrected chi connectivity index (χ4v) is 3.69. The van der Waals surface area contributed by atoms with Gasteiger partial charge in [0.05, 0.1) is 16.2 Å². The smallest absolute Gasteiger partial charge is 0.416 e. The van der Waals surface area contributed by atoms with E-state index >= 15 is 0 Å². The molecule has 0 bridgehead atoms. The third kappa shape index (κ3) is 4.86. The minimum Gasteiger partial charge on any atom is -0.487 e. The van der Waals surface area contributed by atoms with E-state index in [2.05, 4.69) is 4.98 Å². The summed E-state index contributed by atoms with van der Waals surface area (Å²) >= 11 is 1.31. The Balaban J connectivity index is 1.66. The molecule has 4 nitrogen and oxygen atoms in total. The van der Waals surface area contributed by atoms with E-state index in [1.165, 1.54) is 35.6 Å². The number of ether oxygens (including phenoxy) is 1. The van der Waals surface area contributed by atoms with E-state index in [9.17, 15) is 21.6 Å². The van der Waals surface area contributed by atoms with Crippen molar-refractivity contribution in [1.82, 2.24) is 4.98 Å². The molecule has 0 aliphatic carbocycles. The van der Waals surface area contributed by atoms with Gasteiger partial charge < -0.3 is 4.74 Å². The maximum atomic E-state index is 12.6. The van der Waals surface area contributed by atoms with Crippen molar-refractivity contribution in [1.29, 1.82) is 0 Å². The van der Waals surface area contributed by atoms with E-state index in [4.69, 9.17) is 4.74 Å². The number of rotatable bonds is 5. The summed E-state index contributed by atoms with van der Waals surface area (Å²) in [5, 5.41) is 2.35. The van der Waals surface area contributed by atoms with Crippen molar-refractivity contribution in [3.63, 3.8) is 0 Å². The Kier molecular flexibility index (Phi) is 5.25. The van der Waals surface area contributed by atoms with Gasteiger partial charge in [0, 0.05) is 17.2 Å². The molecule has 0 saturated carbocycles. The number of sulfone groups is 1. The van der Waals surface area contributed by atoms with E-state index in [0.29, 0.717) is 22.0 Å². The van der Waals surface area contributed by atoms with Gasteiger partial charge in [0.2, 0.25) is 0 Å². The highest BCUT2D eigenvalue weighted by Crippen LogP contribution is 2.32. The lowest BCUT2D eigenvalue weighted by Crippen LogP contribution is -2.03. The number of halogens is 3. The quantitative estimate of drug-likeness (QED) is 0.602. The van der Waals surface area contributed by atoms with Crippen LogP contribution < -0.4 is 4.74 Å². The highest BCUT2D eigenvalue weighted by Gasteiger charge is 2.30. The number of hydrogen-bond donors (Lipinski definition) is 0. The summed E-state index contributed by atoms with van der Waals surface area (Å²) in [5.74, 6) is 0.492. The van der Waals surface area contributed by atoms with Crippen LogP contribution in [0.4, 0.5) is 13.2 Å². The number of hydrogen-bond acceptors (Lipinski definition) is 5. The lowest BCUT2D eigenvalue weighted by atomic mass is 10.1. The van der Waals surface area contributed by atoms with Gasteiger partial charge in [-0.25, -0.2) is 13.4 Å². The molecule has 27 heavy (non-hydrogen) atoms. The standard InChI is InChI=1S/C18H14F3NO3S2/c1-27(23,24)16-8-6-15(7-9-16)25-10-14-11-26-17(22-14)12-2-4-13(5-3-12)18(19,20)21/h2-9,11H,10H2,1H3. The maximum Gasteiger partial charge on any atom is 0.416 e. The Morgan fingerprint density at radius 1 is 1.04 bits per heavy atom. The van der Waals surface area contributed by atoms with Crippen molar-refractivity contribution in [3.8, 4) is 16.3 Å². The summed E-state index contributed by atoms with van der Waals surface area (Å²) in [4.78, 5) is 4.56. The highest BCUT2D eigenvalue weighted by atomic mass is 32.2. The first-order chi connectivity index (χ1) is 12.6. The third-order valence-corrected chi connectivity index (χ3v) is 5.72. The van der Waals surface area contributed by atoms with Crippen LogP contribution in [-0.2, 0) is 22.6 Å². The van der Waals surface area contributed by atoms with Crippen molar-refractivity contribution < 1.29 is 26.3 Å². The van der Waals surface area contributed by atoms with Gasteiger partial charge in [-0.2, -0.15) is 13.2 Å². The second-order valence-corrected chi connectivity index (χ2v) is 8.63. The van der Waals surface area contributed by atoms with Crippen LogP contribution in [0.5, 0.6) is 5.75 Å². The fraction of sp³-hybridized carbons (Fsp3) is 0.167. The summed E-state index contributed by atoms with van der Waals surface area (Å²) < 4.78 is 66.3. The second kappa shape index (κ2) is 7.32. The van der Waals surface area contributed by atoms with Crippen molar-refractivity contribution in [3.05, 3.63) is 65.2 Å². The number of aromatic nitrogens is 1. The maximum absolute atomic E-state index is 12.6. The Hall–Kier alpha value is -2.39. The lowest BCUT2D eigenvalue weighted by Gasteiger charge is -2.06. The molecule has 0 atom stereocenters. The van der Waals surface area contributed by atoms with Gasteiger partial charge in [-0.3, -0.25) is 0 Å². The average Bonchev–Trinajstić information content (AvgIpc) is 3.08. The Morgan fingerprint density at radius 2 is 1.67 bits per heavy atom. The molecule has 0 amide bonds. The lowest BCUT2D eigenvalue weighted by molar-refractivity contribution is -0.137. The topological polar surface area (TPSA) is 56.3 Å². The van der Waals surface area contributed by atoms with Gasteiger partial charge >= 0.3 is 6.18 Å². The zero-order chi connectivity index (χ0) is 19.7. The fourth-order valence-electron chi connectivity index (χ4n) is 2.25. The van der Waals surface area contributed by atoms with Crippen LogP contribution in [0.1, 0.15) is 11.3 Å². The predicted octanol–water partition coefficient (Wildman–Crippen LogP) is 4.81. The van der Waals surface area contributed by atoms with E-state index in [0.717, 1.165) is 18.4 Å². The second-order valence-electron chi connectivity index (χ2n) is 5.75. The largest absolute Gasteiger partial charge is 0.487 e. The summed E-state index contributed by atoms with van der Waals surface area (Å²) in [5.41, 5.74) is 0.516. The normalized spacial score (nSPS) is 12.1. The van der Waals surface area contributed by atoms with Crippen LogP contribution in [0.25, 0.3) is 10.6 Å². The first-order valence-corrected chi connectivity index (χ1v) is 10.4.